The average Bonchev–Trinajstić information content (AvgIpc) is 3.24. The number of hydrogen-bond acceptors (Lipinski definition) is 2. The van der Waals surface area contributed by atoms with Crippen molar-refractivity contribution in [3.63, 3.8) is 0 Å². The Hall–Kier alpha value is -1.35. The number of carbonyl (C=O) groups is 1. The van der Waals surface area contributed by atoms with Crippen LogP contribution in [0.3, 0.4) is 0 Å². The molecule has 1 heterocycles. The van der Waals surface area contributed by atoms with Crippen LogP contribution in [0.4, 0.5) is 0 Å². The number of hydrogen-bond donors (Lipinski definition) is 2. The monoisotopic (exact) mass is 244 g/mol. The summed E-state index contributed by atoms with van der Waals surface area (Å²) in [7, 11) is 0. The highest BCUT2D eigenvalue weighted by Gasteiger charge is 2.24. The zero-order valence-electron chi connectivity index (χ0n) is 10.6. The maximum atomic E-state index is 12.0. The van der Waals surface area contributed by atoms with E-state index in [9.17, 15) is 4.79 Å². The van der Waals surface area contributed by atoms with Crippen LogP contribution in [-0.2, 0) is 0 Å². The number of benzene rings is 1. The Kier molecular flexibility index (Phi) is 3.33. The van der Waals surface area contributed by atoms with E-state index in [2.05, 4.69) is 22.8 Å². The van der Waals surface area contributed by atoms with E-state index in [1.165, 1.54) is 18.4 Å². The van der Waals surface area contributed by atoms with Gasteiger partial charge in [-0.1, -0.05) is 12.1 Å². The van der Waals surface area contributed by atoms with E-state index in [0.717, 1.165) is 31.5 Å². The van der Waals surface area contributed by atoms with E-state index in [1.54, 1.807) is 0 Å². The van der Waals surface area contributed by atoms with E-state index >= 15 is 0 Å². The SMILES string of the molecule is O=C(NC1CC1)c1cccc(C2CCCNC2)c1. The molecule has 18 heavy (non-hydrogen) atoms. The largest absolute Gasteiger partial charge is 0.349 e. The lowest BCUT2D eigenvalue weighted by molar-refractivity contribution is 0.0951. The summed E-state index contributed by atoms with van der Waals surface area (Å²) in [6, 6.07) is 8.56. The van der Waals surface area contributed by atoms with Crippen LogP contribution in [0.25, 0.3) is 0 Å². The van der Waals surface area contributed by atoms with Crippen molar-refractivity contribution in [3.05, 3.63) is 35.4 Å². The van der Waals surface area contributed by atoms with E-state index in [1.807, 2.05) is 12.1 Å². The van der Waals surface area contributed by atoms with Gasteiger partial charge in [0.05, 0.1) is 0 Å². The smallest absolute Gasteiger partial charge is 0.251 e. The molecule has 1 unspecified atom stereocenters. The second-order valence-corrected chi connectivity index (χ2v) is 5.42. The zero-order valence-corrected chi connectivity index (χ0v) is 10.6. The molecule has 1 amide bonds. The van der Waals surface area contributed by atoms with E-state index in [4.69, 9.17) is 0 Å². The summed E-state index contributed by atoms with van der Waals surface area (Å²) >= 11 is 0. The van der Waals surface area contributed by atoms with Crippen molar-refractivity contribution in [3.8, 4) is 0 Å². The summed E-state index contributed by atoms with van der Waals surface area (Å²) in [6.45, 7) is 2.16. The first-order valence-corrected chi connectivity index (χ1v) is 6.94. The van der Waals surface area contributed by atoms with Gasteiger partial charge in [-0.3, -0.25) is 4.79 Å². The van der Waals surface area contributed by atoms with Crippen LogP contribution in [0.15, 0.2) is 24.3 Å². The molecule has 0 spiro atoms. The van der Waals surface area contributed by atoms with Crippen molar-refractivity contribution in [2.45, 2.75) is 37.6 Å². The van der Waals surface area contributed by atoms with Crippen molar-refractivity contribution in [1.82, 2.24) is 10.6 Å². The average molecular weight is 244 g/mol. The summed E-state index contributed by atoms with van der Waals surface area (Å²) in [6.07, 6.45) is 4.72. The second kappa shape index (κ2) is 5.11. The highest BCUT2D eigenvalue weighted by atomic mass is 16.1. The molecule has 3 heteroatoms. The summed E-state index contributed by atoms with van der Waals surface area (Å²) in [4.78, 5) is 12.0. The normalized spacial score (nSPS) is 23.7. The van der Waals surface area contributed by atoms with Crippen molar-refractivity contribution in [2.75, 3.05) is 13.1 Å². The third-order valence-electron chi connectivity index (χ3n) is 3.83. The molecule has 3 nitrogen and oxygen atoms in total. The maximum absolute atomic E-state index is 12.0. The van der Waals surface area contributed by atoms with Crippen molar-refractivity contribution < 1.29 is 4.79 Å². The minimum Gasteiger partial charge on any atom is -0.349 e. The molecular weight excluding hydrogens is 224 g/mol. The highest BCUT2D eigenvalue weighted by molar-refractivity contribution is 5.94. The first-order valence-electron chi connectivity index (χ1n) is 6.94. The van der Waals surface area contributed by atoms with Crippen LogP contribution in [0, 0.1) is 0 Å². The molecule has 96 valence electrons. The first kappa shape index (κ1) is 11.7. The van der Waals surface area contributed by atoms with Gasteiger partial charge in [-0.15, -0.1) is 0 Å². The molecule has 0 bridgehead atoms. The maximum Gasteiger partial charge on any atom is 0.251 e. The third kappa shape index (κ3) is 2.72. The van der Waals surface area contributed by atoms with Crippen LogP contribution >= 0.6 is 0 Å². The molecule has 2 aliphatic rings. The van der Waals surface area contributed by atoms with E-state index < -0.39 is 0 Å². The fourth-order valence-corrected chi connectivity index (χ4v) is 2.57. The molecule has 1 atom stereocenters. The van der Waals surface area contributed by atoms with E-state index in [-0.39, 0.29) is 5.91 Å². The van der Waals surface area contributed by atoms with Crippen LogP contribution < -0.4 is 10.6 Å². The lowest BCUT2D eigenvalue weighted by atomic mass is 9.90. The minimum absolute atomic E-state index is 0.0862. The van der Waals surface area contributed by atoms with Crippen molar-refractivity contribution in [1.29, 1.82) is 0 Å². The molecule has 0 aromatic heterocycles. The van der Waals surface area contributed by atoms with Gasteiger partial charge in [0, 0.05) is 18.2 Å². The quantitative estimate of drug-likeness (QED) is 0.854. The molecule has 2 N–H and O–H groups in total. The Bertz CT molecular complexity index is 434. The number of nitrogens with one attached hydrogen (secondary N) is 2. The van der Waals surface area contributed by atoms with Crippen LogP contribution in [-0.4, -0.2) is 25.0 Å². The number of carbonyl (C=O) groups excluding carboxylic acids is 1. The fraction of sp³-hybridized carbons (Fsp3) is 0.533. The fourth-order valence-electron chi connectivity index (χ4n) is 2.57. The topological polar surface area (TPSA) is 41.1 Å². The molecule has 0 radical (unpaired) electrons. The predicted octanol–water partition coefficient (Wildman–Crippen LogP) is 2.05. The van der Waals surface area contributed by atoms with Gasteiger partial charge in [-0.2, -0.15) is 0 Å². The molecule has 1 aliphatic carbocycles. The van der Waals surface area contributed by atoms with Crippen LogP contribution in [0.1, 0.15) is 47.5 Å². The molecule has 3 rings (SSSR count). The van der Waals surface area contributed by atoms with Crippen LogP contribution in [0.2, 0.25) is 0 Å². The summed E-state index contributed by atoms with van der Waals surface area (Å²) in [5.41, 5.74) is 2.11. The molecule has 1 aliphatic heterocycles. The Morgan fingerprint density at radius 1 is 1.28 bits per heavy atom. The lowest BCUT2D eigenvalue weighted by Gasteiger charge is -2.23. The lowest BCUT2D eigenvalue weighted by Crippen LogP contribution is -2.29. The molecule has 1 saturated heterocycles. The van der Waals surface area contributed by atoms with Gasteiger partial charge in [0.15, 0.2) is 0 Å². The van der Waals surface area contributed by atoms with Gasteiger partial charge < -0.3 is 10.6 Å². The third-order valence-corrected chi connectivity index (χ3v) is 3.83. The van der Waals surface area contributed by atoms with Gasteiger partial charge in [-0.25, -0.2) is 0 Å². The van der Waals surface area contributed by atoms with Gasteiger partial charge >= 0.3 is 0 Å². The van der Waals surface area contributed by atoms with Crippen molar-refractivity contribution in [2.24, 2.45) is 0 Å². The minimum atomic E-state index is 0.0862. The van der Waals surface area contributed by atoms with Gasteiger partial charge in [0.2, 0.25) is 0 Å². The molecule has 1 saturated carbocycles. The number of piperidine rings is 1. The summed E-state index contributed by atoms with van der Waals surface area (Å²) in [5, 5.41) is 6.47. The van der Waals surface area contributed by atoms with Gasteiger partial charge in [-0.05, 0) is 55.8 Å². The van der Waals surface area contributed by atoms with E-state index in [0.29, 0.717) is 12.0 Å². The van der Waals surface area contributed by atoms with Gasteiger partial charge in [0.1, 0.15) is 0 Å². The highest BCUT2D eigenvalue weighted by Crippen LogP contribution is 2.24. The summed E-state index contributed by atoms with van der Waals surface area (Å²) < 4.78 is 0. The second-order valence-electron chi connectivity index (χ2n) is 5.42. The summed E-state index contributed by atoms with van der Waals surface area (Å²) in [5.74, 6) is 0.649. The Morgan fingerprint density at radius 3 is 2.89 bits per heavy atom. The first-order chi connectivity index (χ1) is 8.83. The number of rotatable bonds is 3. The van der Waals surface area contributed by atoms with Crippen molar-refractivity contribution >= 4 is 5.91 Å². The molecule has 1 aromatic carbocycles. The number of amides is 1. The van der Waals surface area contributed by atoms with Crippen LogP contribution in [0.5, 0.6) is 0 Å². The molecular formula is C15H20N2O. The zero-order chi connectivity index (χ0) is 12.4. The standard InChI is InChI=1S/C15H20N2O/c18-15(17-14-6-7-14)12-4-1-3-11(9-12)13-5-2-8-16-10-13/h1,3-4,9,13-14,16H,2,5-8,10H2,(H,17,18). The Labute approximate surface area is 108 Å². The molecule has 2 fully saturated rings. The predicted molar refractivity (Wildman–Crippen MR) is 71.8 cm³/mol. The molecule has 1 aromatic rings. The Morgan fingerprint density at radius 2 is 2.17 bits per heavy atom. The Balaban J connectivity index is 1.72. The van der Waals surface area contributed by atoms with Gasteiger partial charge in [0.25, 0.3) is 5.91 Å².